The molecule has 0 fully saturated rings. The van der Waals surface area contributed by atoms with Crippen molar-refractivity contribution in [3.8, 4) is 0 Å². The van der Waals surface area contributed by atoms with Gasteiger partial charge in [-0.25, -0.2) is 9.13 Å². The minimum Gasteiger partial charge on any atom is -0.463 e. The number of aliphatic hydroxyl groups is 2. The Labute approximate surface area is 661 Å². The van der Waals surface area contributed by atoms with Crippen LogP contribution in [0.2, 0.25) is 0 Å². The van der Waals surface area contributed by atoms with Crippen molar-refractivity contribution in [2.75, 3.05) is 39.6 Å². The van der Waals surface area contributed by atoms with Gasteiger partial charge in [-0.2, -0.15) is 0 Å². The first kappa shape index (κ1) is 103. The number of unbranched alkanes of at least 4 members (excludes halogenated alkanes) is 22. The third kappa shape index (κ3) is 83.2. The Hall–Kier alpha value is -5.61. The van der Waals surface area contributed by atoms with Gasteiger partial charge in [-0.3, -0.25) is 32.5 Å². The highest BCUT2D eigenvalue weighted by atomic mass is 31.2. The van der Waals surface area contributed by atoms with E-state index in [0.29, 0.717) is 19.3 Å². The van der Waals surface area contributed by atoms with Gasteiger partial charge in [0.2, 0.25) is 0 Å². The molecule has 16 nitrogen and oxygen atoms in total. The summed E-state index contributed by atoms with van der Waals surface area (Å²) in [4.78, 5) is 58.9. The summed E-state index contributed by atoms with van der Waals surface area (Å²) in [7, 11) is -9.83. The minimum absolute atomic E-state index is 0.0734. The topological polar surface area (TPSA) is 231 Å². The molecule has 109 heavy (non-hydrogen) atoms. The van der Waals surface area contributed by atoms with E-state index in [-0.39, 0.29) is 19.3 Å². The van der Waals surface area contributed by atoms with Crippen molar-refractivity contribution in [1.82, 2.24) is 0 Å². The van der Waals surface area contributed by atoms with Crippen LogP contribution in [0.25, 0.3) is 0 Å². The molecule has 0 aromatic carbocycles. The van der Waals surface area contributed by atoms with Crippen LogP contribution in [0.3, 0.4) is 0 Å². The molecule has 0 aliphatic heterocycles. The van der Waals surface area contributed by atoms with Gasteiger partial charge in [-0.05, 0) is 161 Å². The monoisotopic (exact) mass is 1560 g/mol. The second-order valence-corrected chi connectivity index (χ2v) is 30.0. The summed E-state index contributed by atoms with van der Waals surface area (Å²) in [6.45, 7) is 2.30. The SMILES string of the molecule is CC/C=C\C/C=C\C/C=C\C/C=C\C/C=C\C/C=C\CCCCCCCCCCC(=O)OCC(O)COP(=O)(O)OCC(O)COP(=O)(O)OCC(COC(=O)CCCCCCCCCCC/C=C\C/C=C\C/C=C\C/C=C\C/C=C\CC)OC(=O)CCCCCCC/C=C\C/C=C\C/C=C\C/C=C\C/C=C\CC. The Kier molecular flexibility index (Phi) is 77.7. The zero-order valence-electron chi connectivity index (χ0n) is 67.6. The van der Waals surface area contributed by atoms with Crippen LogP contribution in [0, 0.1) is 0 Å². The lowest BCUT2D eigenvalue weighted by molar-refractivity contribution is -0.161. The summed E-state index contributed by atoms with van der Waals surface area (Å²) in [6, 6.07) is 0. The van der Waals surface area contributed by atoms with Crippen molar-refractivity contribution in [1.29, 1.82) is 0 Å². The predicted molar refractivity (Wildman–Crippen MR) is 454 cm³/mol. The molecular formula is C91H148O16P2. The van der Waals surface area contributed by atoms with Crippen molar-refractivity contribution >= 4 is 33.6 Å². The molecule has 0 aromatic heterocycles. The molecule has 618 valence electrons. The number of esters is 3. The highest BCUT2D eigenvalue weighted by molar-refractivity contribution is 7.47. The summed E-state index contributed by atoms with van der Waals surface area (Å²) in [6.07, 6.45) is 107. The summed E-state index contributed by atoms with van der Waals surface area (Å²) < 4.78 is 61.3. The Balaban J connectivity index is 4.71. The fourth-order valence-electron chi connectivity index (χ4n) is 10.6. The van der Waals surface area contributed by atoms with Gasteiger partial charge in [0.25, 0.3) is 0 Å². The quantitative estimate of drug-likeness (QED) is 0.0146. The third-order valence-corrected chi connectivity index (χ3v) is 18.7. The molecule has 0 heterocycles. The first-order valence-corrected chi connectivity index (χ1v) is 44.7. The minimum atomic E-state index is -4.95. The first-order chi connectivity index (χ1) is 53.2. The van der Waals surface area contributed by atoms with Crippen LogP contribution < -0.4 is 0 Å². The van der Waals surface area contributed by atoms with Crippen LogP contribution in [-0.4, -0.2) is 95.9 Å². The molecule has 0 rings (SSSR count). The zero-order valence-corrected chi connectivity index (χ0v) is 69.4. The van der Waals surface area contributed by atoms with Crippen molar-refractivity contribution in [2.24, 2.45) is 0 Å². The van der Waals surface area contributed by atoms with Gasteiger partial charge in [-0.1, -0.05) is 318 Å². The van der Waals surface area contributed by atoms with Crippen LogP contribution in [0.15, 0.2) is 194 Å². The highest BCUT2D eigenvalue weighted by Crippen LogP contribution is 2.45. The molecule has 18 heteroatoms. The normalized spacial score (nSPS) is 14.9. The first-order valence-electron chi connectivity index (χ1n) is 41.7. The Morgan fingerprint density at radius 1 is 0.257 bits per heavy atom. The lowest BCUT2D eigenvalue weighted by atomic mass is 10.1. The van der Waals surface area contributed by atoms with E-state index < -0.39 is 91.5 Å². The predicted octanol–water partition coefficient (Wildman–Crippen LogP) is 25.1. The van der Waals surface area contributed by atoms with Gasteiger partial charge in [-0.15, -0.1) is 0 Å². The number of ether oxygens (including phenoxy) is 3. The average Bonchev–Trinajstić information content (AvgIpc) is 0.902. The van der Waals surface area contributed by atoms with Crippen molar-refractivity contribution in [3.05, 3.63) is 194 Å². The molecule has 5 unspecified atom stereocenters. The van der Waals surface area contributed by atoms with Crippen molar-refractivity contribution < 1.29 is 75.8 Å². The van der Waals surface area contributed by atoms with Crippen molar-refractivity contribution in [3.63, 3.8) is 0 Å². The van der Waals surface area contributed by atoms with E-state index in [0.717, 1.165) is 199 Å². The van der Waals surface area contributed by atoms with Crippen LogP contribution >= 0.6 is 15.6 Å². The van der Waals surface area contributed by atoms with Crippen LogP contribution in [-0.2, 0) is 55.8 Å². The maximum absolute atomic E-state index is 13.0. The number of hydrogen-bond acceptors (Lipinski definition) is 14. The van der Waals surface area contributed by atoms with Crippen LogP contribution in [0.1, 0.15) is 303 Å². The number of phosphoric ester groups is 2. The molecule has 0 saturated carbocycles. The second-order valence-electron chi connectivity index (χ2n) is 27.1. The lowest BCUT2D eigenvalue weighted by Gasteiger charge is -2.21. The summed E-state index contributed by atoms with van der Waals surface area (Å²) in [5.41, 5.74) is 0. The molecule has 0 spiro atoms. The van der Waals surface area contributed by atoms with E-state index in [1.54, 1.807) is 0 Å². The summed E-state index contributed by atoms with van der Waals surface area (Å²) in [5, 5.41) is 20.7. The smallest absolute Gasteiger partial charge is 0.463 e. The number of hydrogen-bond donors (Lipinski definition) is 4. The maximum Gasteiger partial charge on any atom is 0.472 e. The fraction of sp³-hybridized carbons (Fsp3) is 0.615. The molecule has 0 aliphatic carbocycles. The van der Waals surface area contributed by atoms with Gasteiger partial charge < -0.3 is 34.2 Å². The Bertz CT molecular complexity index is 2760. The number of aliphatic hydroxyl groups excluding tert-OH is 2. The Morgan fingerprint density at radius 2 is 0.459 bits per heavy atom. The number of rotatable bonds is 77. The summed E-state index contributed by atoms with van der Waals surface area (Å²) >= 11 is 0. The van der Waals surface area contributed by atoms with E-state index >= 15 is 0 Å². The van der Waals surface area contributed by atoms with Gasteiger partial charge >= 0.3 is 33.6 Å². The fourth-order valence-corrected chi connectivity index (χ4v) is 12.2. The molecule has 4 N–H and O–H groups in total. The van der Waals surface area contributed by atoms with Crippen LogP contribution in [0.4, 0.5) is 0 Å². The Morgan fingerprint density at radius 3 is 0.725 bits per heavy atom. The lowest BCUT2D eigenvalue weighted by Crippen LogP contribution is -2.30. The molecule has 0 bridgehead atoms. The number of allylic oxidation sites excluding steroid dienone is 32. The van der Waals surface area contributed by atoms with E-state index in [1.807, 2.05) is 0 Å². The largest absolute Gasteiger partial charge is 0.472 e. The van der Waals surface area contributed by atoms with Gasteiger partial charge in [0.15, 0.2) is 6.10 Å². The third-order valence-electron chi connectivity index (χ3n) is 16.8. The molecule has 0 aliphatic rings. The molecule has 5 atom stereocenters. The van der Waals surface area contributed by atoms with Gasteiger partial charge in [0.05, 0.1) is 26.4 Å². The molecular weight excluding hydrogens is 1410 g/mol. The summed E-state index contributed by atoms with van der Waals surface area (Å²) in [5.74, 6) is -1.62. The zero-order chi connectivity index (χ0) is 79.4. The van der Waals surface area contributed by atoms with Crippen molar-refractivity contribution in [2.45, 2.75) is 322 Å². The van der Waals surface area contributed by atoms with E-state index in [9.17, 15) is 43.5 Å². The number of carbonyl (C=O) groups is 3. The molecule has 0 aromatic rings. The average molecular weight is 1560 g/mol. The number of carbonyl (C=O) groups excluding carboxylic acids is 3. The standard InChI is InChI=1S/C91H148O16P2/c1-4-7-10-13-16-19-22-25-28-31-34-37-39-41-42-44-46-48-50-53-56-59-62-65-68-71-74-77-89(94)101-80-86(92)81-103-108(97,98)104-82-87(93)83-105-109(99,100)106-85-88(107-91(96)79-76-73-70-67-64-61-58-55-52-47-36-33-30-27-24-21-18-15-12-9-6-3)84-102-90(95)78-75-72-69-66-63-60-57-54-51-49-45-43-40-38-35-32-29-26-23-20-17-14-11-8-5-2/h7-12,16-21,25-30,34-38,41-43,45-48,55,58,86-88,92-93H,4-6,13-15,22-24,31-33,39-40,44,49-54,56-57,59-85H2,1-3H3,(H,97,98)(H,99,100)/b10-7-,11-8-,12-9-,19-16-,20-17-,21-18-,28-25-,29-26-,30-27-,37-34-,38-35-,42-41-,45-43-,47-36-,48-46-,58-55-. The van der Waals surface area contributed by atoms with E-state index in [2.05, 4.69) is 215 Å². The van der Waals surface area contributed by atoms with E-state index in [1.165, 1.54) is 44.9 Å². The molecule has 0 amide bonds. The van der Waals surface area contributed by atoms with Crippen LogP contribution in [0.5, 0.6) is 0 Å². The second kappa shape index (κ2) is 81.9. The molecule has 0 radical (unpaired) electrons. The van der Waals surface area contributed by atoms with E-state index in [4.69, 9.17) is 32.3 Å². The number of phosphoric acid groups is 2. The highest BCUT2D eigenvalue weighted by Gasteiger charge is 2.29. The van der Waals surface area contributed by atoms with Gasteiger partial charge in [0, 0.05) is 19.3 Å². The van der Waals surface area contributed by atoms with Gasteiger partial charge in [0.1, 0.15) is 25.4 Å². The maximum atomic E-state index is 13.0. The molecule has 0 saturated heterocycles.